The lowest BCUT2D eigenvalue weighted by atomic mass is 9.84. The summed E-state index contributed by atoms with van der Waals surface area (Å²) in [6.07, 6.45) is 0. The predicted molar refractivity (Wildman–Crippen MR) is 243 cm³/mol. The summed E-state index contributed by atoms with van der Waals surface area (Å²) < 4.78 is 0. The zero-order chi connectivity index (χ0) is 38.0. The molecule has 0 saturated carbocycles. The van der Waals surface area contributed by atoms with Crippen molar-refractivity contribution in [2.45, 2.75) is 0 Å². The van der Waals surface area contributed by atoms with Crippen molar-refractivity contribution in [3.05, 3.63) is 237 Å². The average Bonchev–Trinajstić information content (AvgIpc) is 3.30. The molecule has 0 spiro atoms. The molecule has 57 heavy (non-hydrogen) atoms. The lowest BCUT2D eigenvalue weighted by molar-refractivity contribution is 1.30. The fraction of sp³-hybridized carbons (Fsp3) is 0. The third kappa shape index (κ3) is 6.46. The summed E-state index contributed by atoms with van der Waals surface area (Å²) in [7, 11) is 0. The van der Waals surface area contributed by atoms with Gasteiger partial charge in [0.2, 0.25) is 0 Å². The van der Waals surface area contributed by atoms with E-state index in [-0.39, 0.29) is 0 Å². The molecule has 0 aliphatic rings. The van der Waals surface area contributed by atoms with Crippen molar-refractivity contribution in [3.63, 3.8) is 0 Å². The highest BCUT2D eigenvalue weighted by atomic mass is 15.1. The third-order valence-electron chi connectivity index (χ3n) is 11.0. The second-order valence-electron chi connectivity index (χ2n) is 14.5. The minimum Gasteiger partial charge on any atom is -0.310 e. The van der Waals surface area contributed by atoms with Gasteiger partial charge in [0.1, 0.15) is 0 Å². The summed E-state index contributed by atoms with van der Waals surface area (Å²) in [6.45, 7) is 0. The fourth-order valence-corrected chi connectivity index (χ4v) is 8.43. The highest BCUT2D eigenvalue weighted by Gasteiger charge is 2.24. The van der Waals surface area contributed by atoms with Crippen LogP contribution < -0.4 is 4.90 Å². The van der Waals surface area contributed by atoms with Crippen molar-refractivity contribution in [2.75, 3.05) is 4.90 Å². The highest BCUT2D eigenvalue weighted by Crippen LogP contribution is 2.50. The third-order valence-corrected chi connectivity index (χ3v) is 11.0. The molecule has 0 aliphatic carbocycles. The highest BCUT2D eigenvalue weighted by molar-refractivity contribution is 6.25. The van der Waals surface area contributed by atoms with Crippen LogP contribution in [-0.4, -0.2) is 0 Å². The van der Waals surface area contributed by atoms with Gasteiger partial charge >= 0.3 is 0 Å². The minimum absolute atomic E-state index is 1.09. The number of fused-ring (bicyclic) bond motifs is 3. The van der Waals surface area contributed by atoms with E-state index < -0.39 is 0 Å². The molecule has 1 heteroatoms. The van der Waals surface area contributed by atoms with Gasteiger partial charge in [0.15, 0.2) is 0 Å². The van der Waals surface area contributed by atoms with Gasteiger partial charge in [0.05, 0.1) is 5.69 Å². The number of rotatable bonds is 8. The second-order valence-corrected chi connectivity index (χ2v) is 14.5. The van der Waals surface area contributed by atoms with E-state index in [0.717, 1.165) is 28.2 Å². The van der Waals surface area contributed by atoms with Crippen LogP contribution in [0.4, 0.5) is 17.1 Å². The minimum atomic E-state index is 1.09. The van der Waals surface area contributed by atoms with Gasteiger partial charge < -0.3 is 4.90 Å². The Kier molecular flexibility index (Phi) is 8.95. The molecule has 0 radical (unpaired) electrons. The normalized spacial score (nSPS) is 11.2. The van der Waals surface area contributed by atoms with Gasteiger partial charge in [-0.2, -0.15) is 0 Å². The molecule has 268 valence electrons. The molecule has 0 saturated heterocycles. The standard InChI is InChI=1S/C56H39N/c1-6-20-40(21-7-1)45-30-18-31-48(37-45)57(49-38-46(41-22-8-2-9-23-41)36-47(39-49)42-24-10-3-11-25-42)53-35-19-34-52-55(44-28-14-5-15-29-44)54(43-26-12-4-13-27-43)50-32-16-17-33-51(50)56(52)53/h1-39H. The van der Waals surface area contributed by atoms with Crippen molar-refractivity contribution in [1.82, 2.24) is 0 Å². The Bertz CT molecular complexity index is 2920. The molecule has 0 heterocycles. The molecule has 10 aromatic carbocycles. The summed E-state index contributed by atoms with van der Waals surface area (Å²) >= 11 is 0. The predicted octanol–water partition coefficient (Wildman–Crippen LogP) is 15.8. The molecule has 0 bridgehead atoms. The zero-order valence-electron chi connectivity index (χ0n) is 31.5. The van der Waals surface area contributed by atoms with Crippen LogP contribution in [-0.2, 0) is 0 Å². The molecular formula is C56H39N. The smallest absolute Gasteiger partial charge is 0.0546 e. The van der Waals surface area contributed by atoms with E-state index in [1.807, 2.05) is 0 Å². The van der Waals surface area contributed by atoms with Crippen LogP contribution in [0.5, 0.6) is 0 Å². The van der Waals surface area contributed by atoms with E-state index in [1.54, 1.807) is 0 Å². The van der Waals surface area contributed by atoms with Crippen LogP contribution in [0.1, 0.15) is 0 Å². The van der Waals surface area contributed by atoms with Gasteiger partial charge in [-0.15, -0.1) is 0 Å². The molecule has 0 amide bonds. The second kappa shape index (κ2) is 15.0. The van der Waals surface area contributed by atoms with Crippen LogP contribution >= 0.6 is 0 Å². The van der Waals surface area contributed by atoms with Crippen LogP contribution in [0, 0.1) is 0 Å². The zero-order valence-corrected chi connectivity index (χ0v) is 31.5. The van der Waals surface area contributed by atoms with Gasteiger partial charge in [-0.3, -0.25) is 0 Å². The van der Waals surface area contributed by atoms with Gasteiger partial charge in [0.25, 0.3) is 0 Å². The first kappa shape index (κ1) is 34.0. The largest absolute Gasteiger partial charge is 0.310 e. The van der Waals surface area contributed by atoms with E-state index in [2.05, 4.69) is 241 Å². The Labute approximate surface area is 334 Å². The van der Waals surface area contributed by atoms with E-state index in [4.69, 9.17) is 0 Å². The molecule has 1 nitrogen and oxygen atoms in total. The van der Waals surface area contributed by atoms with Crippen molar-refractivity contribution in [1.29, 1.82) is 0 Å². The molecule has 0 atom stereocenters. The number of benzene rings is 10. The lowest BCUT2D eigenvalue weighted by Crippen LogP contribution is -2.11. The maximum atomic E-state index is 2.48. The average molecular weight is 726 g/mol. The Morgan fingerprint density at radius 2 is 0.614 bits per heavy atom. The van der Waals surface area contributed by atoms with Crippen molar-refractivity contribution in [2.24, 2.45) is 0 Å². The Balaban J connectivity index is 1.33. The van der Waals surface area contributed by atoms with Crippen molar-refractivity contribution >= 4 is 38.6 Å². The first-order valence-electron chi connectivity index (χ1n) is 19.6. The molecule has 0 unspecified atom stereocenters. The van der Waals surface area contributed by atoms with E-state index in [9.17, 15) is 0 Å². The van der Waals surface area contributed by atoms with Crippen LogP contribution in [0.2, 0.25) is 0 Å². The summed E-state index contributed by atoms with van der Waals surface area (Å²) in [4.78, 5) is 2.48. The number of nitrogens with zero attached hydrogens (tertiary/aromatic N) is 1. The van der Waals surface area contributed by atoms with Gasteiger partial charge in [-0.25, -0.2) is 0 Å². The molecular weight excluding hydrogens is 687 g/mol. The van der Waals surface area contributed by atoms with E-state index in [1.165, 1.54) is 66.1 Å². The molecule has 0 aromatic heterocycles. The first-order chi connectivity index (χ1) is 28.3. The lowest BCUT2D eigenvalue weighted by Gasteiger charge is -2.30. The number of hydrogen-bond donors (Lipinski definition) is 0. The topological polar surface area (TPSA) is 3.24 Å². The van der Waals surface area contributed by atoms with Crippen LogP contribution in [0.3, 0.4) is 0 Å². The quantitative estimate of drug-likeness (QED) is 0.141. The summed E-state index contributed by atoms with van der Waals surface area (Å²) in [5, 5.41) is 4.86. The van der Waals surface area contributed by atoms with Crippen LogP contribution in [0.15, 0.2) is 237 Å². The van der Waals surface area contributed by atoms with Gasteiger partial charge in [0, 0.05) is 16.8 Å². The van der Waals surface area contributed by atoms with Crippen molar-refractivity contribution in [3.8, 4) is 55.6 Å². The fourth-order valence-electron chi connectivity index (χ4n) is 8.43. The van der Waals surface area contributed by atoms with E-state index >= 15 is 0 Å². The summed E-state index contributed by atoms with van der Waals surface area (Å²) in [5.74, 6) is 0. The SMILES string of the molecule is c1ccc(-c2cccc(N(c3cc(-c4ccccc4)cc(-c4ccccc4)c3)c3cccc4c(-c5ccccc5)c(-c5ccccc5)c5ccccc5c34)c2)cc1. The molecule has 10 aromatic rings. The summed E-state index contributed by atoms with van der Waals surface area (Å²) in [5.41, 5.74) is 15.2. The van der Waals surface area contributed by atoms with Crippen molar-refractivity contribution < 1.29 is 0 Å². The maximum Gasteiger partial charge on any atom is 0.0546 e. The summed E-state index contributed by atoms with van der Waals surface area (Å²) in [6, 6.07) is 85.8. The van der Waals surface area contributed by atoms with Gasteiger partial charge in [-0.1, -0.05) is 200 Å². The Morgan fingerprint density at radius 3 is 1.16 bits per heavy atom. The molecule has 0 fully saturated rings. The van der Waals surface area contributed by atoms with E-state index in [0.29, 0.717) is 0 Å². The van der Waals surface area contributed by atoms with Crippen LogP contribution in [0.25, 0.3) is 77.2 Å². The molecule has 0 N–H and O–H groups in total. The monoisotopic (exact) mass is 725 g/mol. The molecule has 0 aliphatic heterocycles. The Morgan fingerprint density at radius 1 is 0.228 bits per heavy atom. The molecule has 10 rings (SSSR count). The number of anilines is 3. The number of hydrogen-bond acceptors (Lipinski definition) is 1. The van der Waals surface area contributed by atoms with Gasteiger partial charge in [-0.05, 0) is 108 Å². The first-order valence-corrected chi connectivity index (χ1v) is 19.6. The maximum absolute atomic E-state index is 2.48. The Hall–Kier alpha value is -7.48.